The number of rotatable bonds is 6. The zero-order chi connectivity index (χ0) is 12.8. The molecular formula is C9H12N4O4. The van der Waals surface area contributed by atoms with Crippen LogP contribution in [0.25, 0.3) is 0 Å². The first-order valence-electron chi connectivity index (χ1n) is 4.87. The second kappa shape index (κ2) is 5.64. The predicted molar refractivity (Wildman–Crippen MR) is 60.7 cm³/mol. The highest BCUT2D eigenvalue weighted by Crippen LogP contribution is 2.20. The van der Waals surface area contributed by atoms with Crippen LogP contribution in [-0.4, -0.2) is 27.5 Å². The summed E-state index contributed by atoms with van der Waals surface area (Å²) < 4.78 is 0. The lowest BCUT2D eigenvalue weighted by Crippen LogP contribution is -2.07. The van der Waals surface area contributed by atoms with Crippen molar-refractivity contribution in [2.75, 3.05) is 17.6 Å². The lowest BCUT2D eigenvalue weighted by atomic mass is 10.3. The minimum Gasteiger partial charge on any atom is -0.481 e. The van der Waals surface area contributed by atoms with Gasteiger partial charge in [-0.1, -0.05) is 0 Å². The molecule has 1 rings (SSSR count). The maximum atomic E-state index is 10.5. The second-order valence-corrected chi connectivity index (χ2v) is 3.28. The molecule has 0 saturated carbocycles. The summed E-state index contributed by atoms with van der Waals surface area (Å²) in [5.41, 5.74) is 5.14. The number of anilines is 2. The molecule has 0 radical (unpaired) electrons. The van der Waals surface area contributed by atoms with Crippen molar-refractivity contribution in [3.05, 3.63) is 22.2 Å². The molecular weight excluding hydrogens is 228 g/mol. The summed E-state index contributed by atoms with van der Waals surface area (Å²) in [6.45, 7) is 0.413. The minimum atomic E-state index is -0.872. The largest absolute Gasteiger partial charge is 0.481 e. The third-order valence-corrected chi connectivity index (χ3v) is 1.97. The number of carboxylic acid groups (broad SMARTS) is 1. The molecule has 1 aromatic heterocycles. The first-order chi connectivity index (χ1) is 8.00. The van der Waals surface area contributed by atoms with E-state index in [9.17, 15) is 14.9 Å². The molecule has 0 aliphatic carbocycles. The number of carbonyl (C=O) groups is 1. The fourth-order valence-corrected chi connectivity index (χ4v) is 1.18. The van der Waals surface area contributed by atoms with E-state index in [1.54, 1.807) is 0 Å². The Morgan fingerprint density at radius 2 is 2.29 bits per heavy atom. The lowest BCUT2D eigenvalue weighted by Gasteiger charge is -2.05. The van der Waals surface area contributed by atoms with Crippen molar-refractivity contribution in [3.63, 3.8) is 0 Å². The molecule has 0 bridgehead atoms. The van der Waals surface area contributed by atoms with Crippen LogP contribution in [0.1, 0.15) is 12.8 Å². The first-order valence-corrected chi connectivity index (χ1v) is 4.87. The Bertz CT molecular complexity index is 435. The van der Waals surface area contributed by atoms with Gasteiger partial charge in [0.1, 0.15) is 5.82 Å². The smallest absolute Gasteiger partial charge is 0.311 e. The number of nitrogens with one attached hydrogen (secondary N) is 1. The van der Waals surface area contributed by atoms with Gasteiger partial charge >= 0.3 is 11.7 Å². The molecule has 4 N–H and O–H groups in total. The number of aliphatic carboxylic acids is 1. The van der Waals surface area contributed by atoms with Gasteiger partial charge in [-0.3, -0.25) is 14.9 Å². The van der Waals surface area contributed by atoms with Crippen LogP contribution in [0.4, 0.5) is 17.3 Å². The van der Waals surface area contributed by atoms with Crippen molar-refractivity contribution in [2.24, 2.45) is 0 Å². The number of nitrogen functional groups attached to an aromatic ring is 1. The summed E-state index contributed by atoms with van der Waals surface area (Å²) in [6, 6.07) is 2.68. The third-order valence-electron chi connectivity index (χ3n) is 1.97. The van der Waals surface area contributed by atoms with Crippen LogP contribution in [0.3, 0.4) is 0 Å². The fraction of sp³-hybridized carbons (Fsp3) is 0.333. The summed E-state index contributed by atoms with van der Waals surface area (Å²) in [6.07, 6.45) is 0.489. The molecule has 17 heavy (non-hydrogen) atoms. The number of carboxylic acids is 1. The van der Waals surface area contributed by atoms with Gasteiger partial charge in [-0.15, -0.1) is 0 Å². The molecule has 0 saturated heterocycles. The highest BCUT2D eigenvalue weighted by atomic mass is 16.6. The average Bonchev–Trinajstić information content (AvgIpc) is 2.23. The normalized spacial score (nSPS) is 9.88. The second-order valence-electron chi connectivity index (χ2n) is 3.28. The number of pyridine rings is 1. The summed E-state index contributed by atoms with van der Waals surface area (Å²) in [4.78, 5) is 23.9. The van der Waals surface area contributed by atoms with Gasteiger partial charge in [-0.05, 0) is 12.5 Å². The Morgan fingerprint density at radius 1 is 1.59 bits per heavy atom. The van der Waals surface area contributed by atoms with E-state index in [1.807, 2.05) is 0 Å². The molecule has 1 heterocycles. The molecule has 0 unspecified atom stereocenters. The van der Waals surface area contributed by atoms with Crippen LogP contribution < -0.4 is 11.1 Å². The maximum absolute atomic E-state index is 10.5. The predicted octanol–water partition coefficient (Wildman–Crippen LogP) is 0.849. The summed E-state index contributed by atoms with van der Waals surface area (Å²) in [5.74, 6) is -0.653. The van der Waals surface area contributed by atoms with Crippen molar-refractivity contribution in [1.82, 2.24) is 4.98 Å². The molecule has 0 spiro atoms. The topological polar surface area (TPSA) is 131 Å². The number of nitrogens with two attached hydrogens (primary N) is 1. The maximum Gasteiger partial charge on any atom is 0.311 e. The third kappa shape index (κ3) is 3.93. The van der Waals surface area contributed by atoms with Gasteiger partial charge in [0.2, 0.25) is 5.82 Å². The van der Waals surface area contributed by atoms with E-state index in [0.29, 0.717) is 18.8 Å². The standard InChI is InChI=1S/C9H12N4O4/c10-9-6(13(16)17)3-4-7(12-9)11-5-1-2-8(14)15/h3-4H,1-2,5H2,(H,14,15)(H3,10,11,12). The average molecular weight is 240 g/mol. The number of aromatic nitrogens is 1. The number of nitrogens with zero attached hydrogens (tertiary/aromatic N) is 2. The van der Waals surface area contributed by atoms with Gasteiger partial charge in [-0.2, -0.15) is 0 Å². The van der Waals surface area contributed by atoms with Crippen LogP contribution in [0.15, 0.2) is 12.1 Å². The highest BCUT2D eigenvalue weighted by molar-refractivity contribution is 5.66. The minimum absolute atomic E-state index is 0.0511. The summed E-state index contributed by atoms with van der Waals surface area (Å²) in [5, 5.41) is 21.7. The van der Waals surface area contributed by atoms with Gasteiger partial charge < -0.3 is 16.2 Å². The molecule has 8 heteroatoms. The van der Waals surface area contributed by atoms with Crippen molar-refractivity contribution in [1.29, 1.82) is 0 Å². The molecule has 0 fully saturated rings. The van der Waals surface area contributed by atoms with Gasteiger partial charge in [0.05, 0.1) is 4.92 Å². The summed E-state index contributed by atoms with van der Waals surface area (Å²) in [7, 11) is 0. The van der Waals surface area contributed by atoms with Crippen LogP contribution in [-0.2, 0) is 4.79 Å². The Balaban J connectivity index is 2.53. The van der Waals surface area contributed by atoms with Crippen molar-refractivity contribution in [2.45, 2.75) is 12.8 Å². The Labute approximate surface area is 96.6 Å². The van der Waals surface area contributed by atoms with E-state index in [4.69, 9.17) is 10.8 Å². The number of nitro groups is 1. The monoisotopic (exact) mass is 240 g/mol. The Kier molecular flexibility index (Phi) is 4.21. The molecule has 0 amide bonds. The molecule has 0 aliphatic rings. The van der Waals surface area contributed by atoms with E-state index in [2.05, 4.69) is 10.3 Å². The molecule has 1 aromatic rings. The van der Waals surface area contributed by atoms with Gasteiger partial charge in [-0.25, -0.2) is 4.98 Å². The summed E-state index contributed by atoms with van der Waals surface area (Å²) >= 11 is 0. The van der Waals surface area contributed by atoms with Gasteiger partial charge in [0, 0.05) is 19.0 Å². The van der Waals surface area contributed by atoms with Crippen LogP contribution >= 0.6 is 0 Å². The SMILES string of the molecule is Nc1nc(NCCCC(=O)O)ccc1[N+](=O)[O-]. The fourth-order valence-electron chi connectivity index (χ4n) is 1.18. The molecule has 0 aliphatic heterocycles. The zero-order valence-electron chi connectivity index (χ0n) is 8.92. The van der Waals surface area contributed by atoms with E-state index in [-0.39, 0.29) is 17.9 Å². The Hall–Kier alpha value is -2.38. The Morgan fingerprint density at radius 3 is 2.82 bits per heavy atom. The van der Waals surface area contributed by atoms with Crippen LogP contribution in [0, 0.1) is 10.1 Å². The van der Waals surface area contributed by atoms with Crippen molar-refractivity contribution >= 4 is 23.3 Å². The van der Waals surface area contributed by atoms with Crippen molar-refractivity contribution in [3.8, 4) is 0 Å². The van der Waals surface area contributed by atoms with Crippen LogP contribution in [0.5, 0.6) is 0 Å². The van der Waals surface area contributed by atoms with E-state index >= 15 is 0 Å². The molecule has 8 nitrogen and oxygen atoms in total. The van der Waals surface area contributed by atoms with Crippen molar-refractivity contribution < 1.29 is 14.8 Å². The number of hydrogen-bond donors (Lipinski definition) is 3. The lowest BCUT2D eigenvalue weighted by molar-refractivity contribution is -0.384. The molecule has 0 atom stereocenters. The first kappa shape index (κ1) is 12.7. The highest BCUT2D eigenvalue weighted by Gasteiger charge is 2.12. The number of hydrogen-bond acceptors (Lipinski definition) is 6. The molecule has 0 aromatic carbocycles. The quantitative estimate of drug-likeness (QED) is 0.381. The van der Waals surface area contributed by atoms with E-state index < -0.39 is 10.9 Å². The van der Waals surface area contributed by atoms with Gasteiger partial charge in [0.25, 0.3) is 0 Å². The van der Waals surface area contributed by atoms with Gasteiger partial charge in [0.15, 0.2) is 0 Å². The van der Waals surface area contributed by atoms with E-state index in [1.165, 1.54) is 12.1 Å². The zero-order valence-corrected chi connectivity index (χ0v) is 8.92. The van der Waals surface area contributed by atoms with Crippen LogP contribution in [0.2, 0.25) is 0 Å². The molecule has 92 valence electrons. The van der Waals surface area contributed by atoms with E-state index in [0.717, 1.165) is 0 Å².